The van der Waals surface area contributed by atoms with Crippen molar-refractivity contribution < 1.29 is 18.0 Å². The summed E-state index contributed by atoms with van der Waals surface area (Å²) in [6.45, 7) is 5.83. The van der Waals surface area contributed by atoms with Crippen molar-refractivity contribution in [2.24, 2.45) is 0 Å². The molecule has 2 aromatic carbocycles. The highest BCUT2D eigenvalue weighted by Gasteiger charge is 2.27. The van der Waals surface area contributed by atoms with Gasteiger partial charge in [0.2, 0.25) is 21.8 Å². The summed E-state index contributed by atoms with van der Waals surface area (Å²) < 4.78 is 26.0. The van der Waals surface area contributed by atoms with Gasteiger partial charge in [0.05, 0.1) is 11.9 Å². The smallest absolute Gasteiger partial charge is 0.242 e. The van der Waals surface area contributed by atoms with Crippen molar-refractivity contribution in [1.82, 2.24) is 10.2 Å². The van der Waals surface area contributed by atoms with Crippen LogP contribution in [0.15, 0.2) is 48.5 Å². The Morgan fingerprint density at radius 1 is 1.03 bits per heavy atom. The first-order valence-electron chi connectivity index (χ1n) is 11.5. The van der Waals surface area contributed by atoms with Crippen molar-refractivity contribution in [3.8, 4) is 0 Å². The molecule has 0 saturated carbocycles. The van der Waals surface area contributed by atoms with E-state index in [1.54, 1.807) is 43.3 Å². The third-order valence-electron chi connectivity index (χ3n) is 5.73. The molecule has 2 amide bonds. The fourth-order valence-electron chi connectivity index (χ4n) is 3.47. The van der Waals surface area contributed by atoms with Crippen molar-refractivity contribution in [2.75, 3.05) is 17.1 Å². The van der Waals surface area contributed by atoms with Gasteiger partial charge in [0.25, 0.3) is 0 Å². The lowest BCUT2D eigenvalue weighted by molar-refractivity contribution is -0.140. The lowest BCUT2D eigenvalue weighted by atomic mass is 10.1. The Kier molecular flexibility index (Phi) is 10.9. The molecule has 0 aliphatic rings. The molecule has 1 N–H and O–H groups in total. The standard InChI is InChI=1S/C25H33Cl2N3O4S/c1-5-18(2)28-25(32)19(3)29(17-20-9-6-7-10-23(20)27)24(31)11-8-16-30(35(4,33)34)22-14-12-21(26)13-15-22/h6-7,9-10,12-15,18-19H,5,8,11,16-17H2,1-4H3,(H,28,32)/t18-,19-/m1/s1. The molecule has 0 spiro atoms. The molecule has 0 aromatic heterocycles. The summed E-state index contributed by atoms with van der Waals surface area (Å²) in [5.74, 6) is -0.514. The molecular weight excluding hydrogens is 509 g/mol. The fourth-order valence-corrected chi connectivity index (χ4v) is 4.76. The van der Waals surface area contributed by atoms with Crippen molar-refractivity contribution in [1.29, 1.82) is 0 Å². The summed E-state index contributed by atoms with van der Waals surface area (Å²) >= 11 is 12.2. The van der Waals surface area contributed by atoms with Crippen LogP contribution in [0.5, 0.6) is 0 Å². The summed E-state index contributed by atoms with van der Waals surface area (Å²) in [7, 11) is -3.57. The number of halogens is 2. The maximum Gasteiger partial charge on any atom is 0.242 e. The quantitative estimate of drug-likeness (QED) is 0.415. The van der Waals surface area contributed by atoms with Crippen LogP contribution in [0.2, 0.25) is 10.0 Å². The highest BCUT2D eigenvalue weighted by atomic mass is 35.5. The van der Waals surface area contributed by atoms with Crippen LogP contribution in [0.4, 0.5) is 5.69 Å². The number of anilines is 1. The summed E-state index contributed by atoms with van der Waals surface area (Å²) in [6.07, 6.45) is 2.22. The minimum Gasteiger partial charge on any atom is -0.352 e. The molecule has 0 bridgehead atoms. The van der Waals surface area contributed by atoms with Gasteiger partial charge in [-0.15, -0.1) is 0 Å². The van der Waals surface area contributed by atoms with E-state index in [0.717, 1.165) is 18.2 Å². The second-order valence-electron chi connectivity index (χ2n) is 8.52. The molecule has 0 fully saturated rings. The van der Waals surface area contributed by atoms with Crippen LogP contribution in [-0.4, -0.2) is 50.0 Å². The number of benzene rings is 2. The normalized spacial score (nSPS) is 13.1. The Balaban J connectivity index is 2.18. The average Bonchev–Trinajstić information content (AvgIpc) is 2.80. The summed E-state index contributed by atoms with van der Waals surface area (Å²) in [5, 5.41) is 3.92. The molecule has 0 unspecified atom stereocenters. The molecule has 0 aliphatic heterocycles. The molecule has 0 saturated heterocycles. The van der Waals surface area contributed by atoms with Crippen molar-refractivity contribution >= 4 is 50.7 Å². The van der Waals surface area contributed by atoms with Crippen LogP contribution in [0.25, 0.3) is 0 Å². The third-order valence-corrected chi connectivity index (χ3v) is 7.55. The molecule has 0 radical (unpaired) electrons. The largest absolute Gasteiger partial charge is 0.352 e. The highest BCUT2D eigenvalue weighted by molar-refractivity contribution is 7.92. The van der Waals surface area contributed by atoms with Crippen LogP contribution < -0.4 is 9.62 Å². The number of rotatable bonds is 12. The van der Waals surface area contributed by atoms with Crippen LogP contribution in [0, 0.1) is 0 Å². The predicted molar refractivity (Wildman–Crippen MR) is 142 cm³/mol. The average molecular weight is 543 g/mol. The molecule has 2 rings (SSSR count). The maximum atomic E-state index is 13.3. The van der Waals surface area contributed by atoms with Crippen molar-refractivity contribution in [2.45, 2.75) is 58.7 Å². The van der Waals surface area contributed by atoms with Gasteiger partial charge in [-0.1, -0.05) is 48.3 Å². The number of carbonyl (C=O) groups excluding carboxylic acids is 2. The van der Waals surface area contributed by atoms with Gasteiger partial charge >= 0.3 is 0 Å². The molecule has 7 nitrogen and oxygen atoms in total. The van der Waals surface area contributed by atoms with E-state index in [0.29, 0.717) is 15.7 Å². The predicted octanol–water partition coefficient (Wildman–Crippen LogP) is 4.87. The van der Waals surface area contributed by atoms with Crippen molar-refractivity contribution in [3.05, 3.63) is 64.1 Å². The van der Waals surface area contributed by atoms with Crippen LogP contribution in [0.3, 0.4) is 0 Å². The molecule has 0 heterocycles. The van der Waals surface area contributed by atoms with Gasteiger partial charge in [-0.2, -0.15) is 0 Å². The number of nitrogens with one attached hydrogen (secondary N) is 1. The molecule has 0 aliphatic carbocycles. The minimum atomic E-state index is -3.57. The van der Waals surface area contributed by atoms with Crippen LogP contribution in [0.1, 0.15) is 45.6 Å². The molecular formula is C25H33Cl2N3O4S. The number of hydrogen-bond donors (Lipinski definition) is 1. The Bertz CT molecular complexity index is 1110. The van der Waals surface area contributed by atoms with Gasteiger partial charge in [-0.25, -0.2) is 8.42 Å². The molecule has 192 valence electrons. The molecule has 10 heteroatoms. The molecule has 2 atom stereocenters. The number of hydrogen-bond acceptors (Lipinski definition) is 4. The first-order valence-corrected chi connectivity index (χ1v) is 14.1. The van der Waals surface area contributed by atoms with E-state index in [-0.39, 0.29) is 43.8 Å². The first-order chi connectivity index (χ1) is 16.4. The second-order valence-corrected chi connectivity index (χ2v) is 11.3. The van der Waals surface area contributed by atoms with E-state index in [4.69, 9.17) is 23.2 Å². The summed E-state index contributed by atoms with van der Waals surface area (Å²) in [6, 6.07) is 12.9. The zero-order valence-electron chi connectivity index (χ0n) is 20.5. The highest BCUT2D eigenvalue weighted by Crippen LogP contribution is 2.22. The summed E-state index contributed by atoms with van der Waals surface area (Å²) in [5.41, 5.74) is 1.20. The number of amides is 2. The van der Waals surface area contributed by atoms with E-state index in [1.165, 1.54) is 9.21 Å². The minimum absolute atomic E-state index is 0.0232. The van der Waals surface area contributed by atoms with E-state index < -0.39 is 16.1 Å². The fraction of sp³-hybridized carbons (Fsp3) is 0.440. The maximum absolute atomic E-state index is 13.3. The van der Waals surface area contributed by atoms with Gasteiger partial charge in [0.15, 0.2) is 0 Å². The third kappa shape index (κ3) is 8.70. The second kappa shape index (κ2) is 13.1. The van der Waals surface area contributed by atoms with E-state index in [1.807, 2.05) is 26.0 Å². The molecule has 2 aromatic rings. The lowest BCUT2D eigenvalue weighted by Crippen LogP contribution is -2.49. The van der Waals surface area contributed by atoms with Gasteiger partial charge < -0.3 is 10.2 Å². The Hall–Kier alpha value is -2.29. The first kappa shape index (κ1) is 28.9. The van der Waals surface area contributed by atoms with E-state index in [9.17, 15) is 18.0 Å². The van der Waals surface area contributed by atoms with Gasteiger partial charge in [-0.05, 0) is 62.6 Å². The zero-order chi connectivity index (χ0) is 26.2. The van der Waals surface area contributed by atoms with Gasteiger partial charge in [0.1, 0.15) is 6.04 Å². The van der Waals surface area contributed by atoms with Gasteiger partial charge in [0, 0.05) is 35.6 Å². The Labute approximate surface area is 218 Å². The molecule has 35 heavy (non-hydrogen) atoms. The monoisotopic (exact) mass is 541 g/mol. The van der Waals surface area contributed by atoms with Crippen LogP contribution >= 0.6 is 23.2 Å². The van der Waals surface area contributed by atoms with E-state index in [2.05, 4.69) is 5.32 Å². The van der Waals surface area contributed by atoms with Crippen molar-refractivity contribution in [3.63, 3.8) is 0 Å². The number of sulfonamides is 1. The Morgan fingerprint density at radius 2 is 1.66 bits per heavy atom. The lowest BCUT2D eigenvalue weighted by Gasteiger charge is -2.30. The topological polar surface area (TPSA) is 86.8 Å². The Morgan fingerprint density at radius 3 is 2.23 bits per heavy atom. The number of carbonyl (C=O) groups is 2. The zero-order valence-corrected chi connectivity index (χ0v) is 22.8. The van der Waals surface area contributed by atoms with Gasteiger partial charge in [-0.3, -0.25) is 13.9 Å². The van der Waals surface area contributed by atoms with E-state index >= 15 is 0 Å². The van der Waals surface area contributed by atoms with Crippen LogP contribution in [-0.2, 0) is 26.2 Å². The number of nitrogens with zero attached hydrogens (tertiary/aromatic N) is 2. The SMILES string of the molecule is CC[C@@H](C)NC(=O)[C@@H](C)N(Cc1ccccc1Cl)C(=O)CCCN(c1ccc(Cl)cc1)S(C)(=O)=O. The summed E-state index contributed by atoms with van der Waals surface area (Å²) in [4.78, 5) is 27.6.